The fourth-order valence-corrected chi connectivity index (χ4v) is 4.19. The van der Waals surface area contributed by atoms with Crippen molar-refractivity contribution < 1.29 is 19.0 Å². The molecule has 0 aliphatic carbocycles. The Labute approximate surface area is 192 Å². The predicted octanol–water partition coefficient (Wildman–Crippen LogP) is 5.26. The van der Waals surface area contributed by atoms with Crippen molar-refractivity contribution in [3.63, 3.8) is 0 Å². The van der Waals surface area contributed by atoms with E-state index in [4.69, 9.17) is 4.74 Å². The van der Waals surface area contributed by atoms with Crippen LogP contribution in [0.15, 0.2) is 72.8 Å². The molecule has 0 fully saturated rings. The molecule has 4 aromatic rings. The number of fused-ring (bicyclic) bond motifs is 1. The number of hydrogen-bond donors (Lipinski definition) is 2. The smallest absolute Gasteiger partial charge is 0.352 e. The zero-order chi connectivity index (χ0) is 23.2. The highest BCUT2D eigenvalue weighted by molar-refractivity contribution is 5.98. The normalized spacial score (nSPS) is 11.1. The van der Waals surface area contributed by atoms with Gasteiger partial charge in [0.15, 0.2) is 0 Å². The Morgan fingerprint density at radius 1 is 1.06 bits per heavy atom. The molecule has 0 spiro atoms. The van der Waals surface area contributed by atoms with E-state index < -0.39 is 5.97 Å². The standard InChI is InChI=1S/C27H27FN2O3/c1-33-21-13-14-22-23(17-29-15-7-10-19-8-3-2-4-9-19)26(27(31)32)30(25(22)16-21)18-20-11-5-6-12-24(20)28/h2-6,8-9,11-14,16,29H,7,10,15,17-18H2,1H3,(H,31,32). The number of aryl methyl sites for hydroxylation is 1. The van der Waals surface area contributed by atoms with Crippen LogP contribution in [-0.4, -0.2) is 29.3 Å². The SMILES string of the molecule is COc1ccc2c(CNCCCc3ccccc3)c(C(=O)O)n(Cc3ccccc3F)c2c1. The molecule has 2 N–H and O–H groups in total. The van der Waals surface area contributed by atoms with Crippen molar-refractivity contribution in [3.8, 4) is 5.75 Å². The zero-order valence-electron chi connectivity index (χ0n) is 18.6. The quantitative estimate of drug-likeness (QED) is 0.326. The second-order valence-electron chi connectivity index (χ2n) is 7.96. The van der Waals surface area contributed by atoms with Gasteiger partial charge in [0.05, 0.1) is 19.2 Å². The van der Waals surface area contributed by atoms with E-state index in [2.05, 4.69) is 17.4 Å². The van der Waals surface area contributed by atoms with Gasteiger partial charge in [-0.2, -0.15) is 0 Å². The van der Waals surface area contributed by atoms with E-state index in [9.17, 15) is 14.3 Å². The minimum Gasteiger partial charge on any atom is -0.497 e. The molecule has 1 aromatic heterocycles. The molecule has 0 unspecified atom stereocenters. The summed E-state index contributed by atoms with van der Waals surface area (Å²) < 4.78 is 21.4. The average Bonchev–Trinajstić information content (AvgIpc) is 3.13. The van der Waals surface area contributed by atoms with Gasteiger partial charge < -0.3 is 19.7 Å². The molecule has 0 radical (unpaired) electrons. The highest BCUT2D eigenvalue weighted by Gasteiger charge is 2.23. The minimum atomic E-state index is -1.04. The van der Waals surface area contributed by atoms with Gasteiger partial charge in [-0.05, 0) is 43.1 Å². The van der Waals surface area contributed by atoms with Crippen LogP contribution in [0.5, 0.6) is 5.75 Å². The number of nitrogens with zero attached hydrogens (tertiary/aromatic N) is 1. The number of carboxylic acids is 1. The highest BCUT2D eigenvalue weighted by Crippen LogP contribution is 2.31. The summed E-state index contributed by atoms with van der Waals surface area (Å²) >= 11 is 0. The second kappa shape index (κ2) is 10.3. The van der Waals surface area contributed by atoms with E-state index in [0.717, 1.165) is 24.8 Å². The van der Waals surface area contributed by atoms with E-state index in [1.807, 2.05) is 36.4 Å². The molecule has 0 aliphatic rings. The third-order valence-corrected chi connectivity index (χ3v) is 5.83. The number of rotatable bonds is 10. The molecule has 33 heavy (non-hydrogen) atoms. The summed E-state index contributed by atoms with van der Waals surface area (Å²) in [5.74, 6) is -0.782. The molecule has 0 bridgehead atoms. The van der Waals surface area contributed by atoms with Crippen molar-refractivity contribution in [2.24, 2.45) is 0 Å². The van der Waals surface area contributed by atoms with Crippen molar-refractivity contribution >= 4 is 16.9 Å². The van der Waals surface area contributed by atoms with Crippen LogP contribution < -0.4 is 10.1 Å². The number of halogens is 1. The monoisotopic (exact) mass is 446 g/mol. The van der Waals surface area contributed by atoms with Crippen molar-refractivity contribution in [2.45, 2.75) is 25.9 Å². The topological polar surface area (TPSA) is 63.5 Å². The lowest BCUT2D eigenvalue weighted by Gasteiger charge is -2.11. The second-order valence-corrected chi connectivity index (χ2v) is 7.96. The maximum absolute atomic E-state index is 14.4. The Morgan fingerprint density at radius 3 is 2.55 bits per heavy atom. The number of benzene rings is 3. The molecule has 0 aliphatic heterocycles. The molecule has 6 heteroatoms. The van der Waals surface area contributed by atoms with Crippen molar-refractivity contribution in [1.82, 2.24) is 9.88 Å². The van der Waals surface area contributed by atoms with Crippen LogP contribution in [0, 0.1) is 5.82 Å². The number of methoxy groups -OCH3 is 1. The Morgan fingerprint density at radius 2 is 1.82 bits per heavy atom. The molecule has 0 saturated carbocycles. The lowest BCUT2D eigenvalue weighted by molar-refractivity contribution is 0.0684. The molecular formula is C27H27FN2O3. The van der Waals surface area contributed by atoms with E-state index in [0.29, 0.717) is 28.9 Å². The van der Waals surface area contributed by atoms with Crippen LogP contribution >= 0.6 is 0 Å². The largest absolute Gasteiger partial charge is 0.497 e. The summed E-state index contributed by atoms with van der Waals surface area (Å²) in [6.45, 7) is 1.28. The van der Waals surface area contributed by atoms with Gasteiger partial charge in [-0.3, -0.25) is 0 Å². The number of carbonyl (C=O) groups is 1. The first-order valence-electron chi connectivity index (χ1n) is 11.0. The van der Waals surface area contributed by atoms with Gasteiger partial charge in [-0.25, -0.2) is 9.18 Å². The molecule has 4 rings (SSSR count). The summed E-state index contributed by atoms with van der Waals surface area (Å²) in [7, 11) is 1.57. The Balaban J connectivity index is 1.63. The number of aromatic carboxylic acids is 1. The summed E-state index contributed by atoms with van der Waals surface area (Å²) in [6.07, 6.45) is 1.89. The van der Waals surface area contributed by atoms with Gasteiger partial charge in [-0.15, -0.1) is 0 Å². The zero-order valence-corrected chi connectivity index (χ0v) is 18.6. The number of aromatic nitrogens is 1. The van der Waals surface area contributed by atoms with Crippen LogP contribution in [0.4, 0.5) is 4.39 Å². The molecule has 3 aromatic carbocycles. The van der Waals surface area contributed by atoms with Crippen molar-refractivity contribution in [3.05, 3.63) is 101 Å². The van der Waals surface area contributed by atoms with Crippen LogP contribution in [0.1, 0.15) is 33.6 Å². The first-order chi connectivity index (χ1) is 16.1. The van der Waals surface area contributed by atoms with Gasteiger partial charge in [0.2, 0.25) is 0 Å². The highest BCUT2D eigenvalue weighted by atomic mass is 19.1. The van der Waals surface area contributed by atoms with Gasteiger partial charge in [0, 0.05) is 29.1 Å². The lowest BCUT2D eigenvalue weighted by atomic mass is 10.1. The minimum absolute atomic E-state index is 0.117. The maximum atomic E-state index is 14.4. The first kappa shape index (κ1) is 22.6. The number of hydrogen-bond acceptors (Lipinski definition) is 3. The molecule has 5 nitrogen and oxygen atoms in total. The fourth-order valence-electron chi connectivity index (χ4n) is 4.19. The van der Waals surface area contributed by atoms with Gasteiger partial charge in [0.1, 0.15) is 17.3 Å². The number of ether oxygens (including phenoxy) is 1. The number of nitrogens with one attached hydrogen (secondary N) is 1. The van der Waals surface area contributed by atoms with Gasteiger partial charge in [0.25, 0.3) is 0 Å². The average molecular weight is 447 g/mol. The molecule has 170 valence electrons. The lowest BCUT2D eigenvalue weighted by Crippen LogP contribution is -2.19. The first-order valence-corrected chi connectivity index (χ1v) is 11.0. The molecule has 0 saturated heterocycles. The molecule has 0 atom stereocenters. The van der Waals surface area contributed by atoms with Gasteiger partial charge in [-0.1, -0.05) is 48.5 Å². The Hall–Kier alpha value is -3.64. The summed E-state index contributed by atoms with van der Waals surface area (Å²) in [6, 6.07) is 22.2. The molecule has 1 heterocycles. The molecular weight excluding hydrogens is 419 g/mol. The summed E-state index contributed by atoms with van der Waals surface area (Å²) in [5.41, 5.74) is 3.27. The Bertz CT molecular complexity index is 1250. The van der Waals surface area contributed by atoms with Crippen LogP contribution in [0.2, 0.25) is 0 Å². The summed E-state index contributed by atoms with van der Waals surface area (Å²) in [5, 5.41) is 14.3. The third kappa shape index (κ3) is 5.07. The van der Waals surface area contributed by atoms with E-state index >= 15 is 0 Å². The van der Waals surface area contributed by atoms with Gasteiger partial charge >= 0.3 is 5.97 Å². The Kier molecular flexibility index (Phi) is 7.05. The number of carboxylic acid groups (broad SMARTS) is 1. The fraction of sp³-hybridized carbons (Fsp3) is 0.222. The molecule has 0 amide bonds. The van der Waals surface area contributed by atoms with Crippen molar-refractivity contribution in [2.75, 3.05) is 13.7 Å². The van der Waals surface area contributed by atoms with Crippen LogP contribution in [0.25, 0.3) is 10.9 Å². The predicted molar refractivity (Wildman–Crippen MR) is 127 cm³/mol. The summed E-state index contributed by atoms with van der Waals surface area (Å²) in [4.78, 5) is 12.3. The maximum Gasteiger partial charge on any atom is 0.352 e. The third-order valence-electron chi connectivity index (χ3n) is 5.83. The van der Waals surface area contributed by atoms with Crippen LogP contribution in [-0.2, 0) is 19.5 Å². The van der Waals surface area contributed by atoms with Crippen LogP contribution in [0.3, 0.4) is 0 Å². The van der Waals surface area contributed by atoms with E-state index in [1.165, 1.54) is 11.6 Å². The van der Waals surface area contributed by atoms with Crippen molar-refractivity contribution in [1.29, 1.82) is 0 Å². The van der Waals surface area contributed by atoms with E-state index in [-0.39, 0.29) is 18.1 Å². The van der Waals surface area contributed by atoms with E-state index in [1.54, 1.807) is 29.9 Å².